The summed E-state index contributed by atoms with van der Waals surface area (Å²) in [6, 6.07) is 3.86. The highest BCUT2D eigenvalue weighted by atomic mass is 32.2. The number of thioether (sulfide) groups is 1. The molecule has 108 valence electrons. The second-order valence-electron chi connectivity index (χ2n) is 4.33. The Kier molecular flexibility index (Phi) is 4.63. The maximum Gasteiger partial charge on any atom is 0.275 e. The molecule has 0 atom stereocenters. The van der Waals surface area contributed by atoms with Gasteiger partial charge in [0, 0.05) is 16.7 Å². The molecule has 2 aromatic heterocycles. The van der Waals surface area contributed by atoms with Crippen LogP contribution < -0.4 is 17.0 Å². The zero-order chi connectivity index (χ0) is 14.7. The maximum atomic E-state index is 11.4. The van der Waals surface area contributed by atoms with Crippen molar-refractivity contribution in [2.75, 3.05) is 5.73 Å². The number of aromatic nitrogens is 3. The highest BCUT2D eigenvalue weighted by Gasteiger charge is 2.14. The van der Waals surface area contributed by atoms with Gasteiger partial charge in [0.05, 0.1) is 4.88 Å². The third kappa shape index (κ3) is 3.11. The van der Waals surface area contributed by atoms with E-state index in [1.54, 1.807) is 6.07 Å². The van der Waals surface area contributed by atoms with Crippen molar-refractivity contribution < 1.29 is 4.79 Å². The number of nitrogens with two attached hydrogens (primary N) is 2. The Morgan fingerprint density at radius 2 is 2.25 bits per heavy atom. The Hall–Kier alpha value is -1.58. The SMILES string of the molecule is CC(C)n1c(N)nnc1SCc1ccc(C(=O)NN)s1. The standard InChI is InChI=1S/C11H16N6OS2/c1-6(2)17-10(12)15-16-11(17)19-5-7-3-4-8(20-7)9(18)14-13/h3-4,6H,5,13H2,1-2H3,(H2,12,15)(H,14,18). The quantitative estimate of drug-likeness (QED) is 0.333. The van der Waals surface area contributed by atoms with Gasteiger partial charge in [-0.05, 0) is 26.0 Å². The van der Waals surface area contributed by atoms with Crippen molar-refractivity contribution in [1.29, 1.82) is 0 Å². The monoisotopic (exact) mass is 312 g/mol. The number of hydrogen-bond acceptors (Lipinski definition) is 7. The number of amides is 1. The minimum atomic E-state index is -0.277. The number of hydrogen-bond donors (Lipinski definition) is 3. The lowest BCUT2D eigenvalue weighted by molar-refractivity contribution is 0.0957. The van der Waals surface area contributed by atoms with Gasteiger partial charge in [0.2, 0.25) is 5.95 Å². The van der Waals surface area contributed by atoms with Crippen LogP contribution in [0.3, 0.4) is 0 Å². The van der Waals surface area contributed by atoms with Gasteiger partial charge in [-0.25, -0.2) is 5.84 Å². The maximum absolute atomic E-state index is 11.4. The normalized spacial score (nSPS) is 11.0. The summed E-state index contributed by atoms with van der Waals surface area (Å²) in [5.41, 5.74) is 7.90. The van der Waals surface area contributed by atoms with E-state index in [9.17, 15) is 4.79 Å². The topological polar surface area (TPSA) is 112 Å². The lowest BCUT2D eigenvalue weighted by Crippen LogP contribution is -2.29. The molecule has 0 radical (unpaired) electrons. The van der Waals surface area contributed by atoms with Crippen molar-refractivity contribution in [2.45, 2.75) is 30.8 Å². The van der Waals surface area contributed by atoms with Gasteiger partial charge >= 0.3 is 0 Å². The summed E-state index contributed by atoms with van der Waals surface area (Å²) in [5.74, 6) is 5.94. The number of nitrogens with zero attached hydrogens (tertiary/aromatic N) is 3. The Morgan fingerprint density at radius 1 is 1.50 bits per heavy atom. The van der Waals surface area contributed by atoms with Gasteiger partial charge in [-0.1, -0.05) is 11.8 Å². The van der Waals surface area contributed by atoms with Crippen molar-refractivity contribution >= 4 is 35.0 Å². The first kappa shape index (κ1) is 14.8. The zero-order valence-electron chi connectivity index (χ0n) is 11.2. The molecule has 20 heavy (non-hydrogen) atoms. The summed E-state index contributed by atoms with van der Waals surface area (Å²) >= 11 is 2.94. The third-order valence-corrected chi connectivity index (χ3v) is 4.83. The van der Waals surface area contributed by atoms with E-state index in [-0.39, 0.29) is 11.9 Å². The van der Waals surface area contributed by atoms with E-state index in [1.807, 2.05) is 24.5 Å². The van der Waals surface area contributed by atoms with Gasteiger partial charge in [0.15, 0.2) is 5.16 Å². The molecule has 0 aliphatic heterocycles. The zero-order valence-corrected chi connectivity index (χ0v) is 12.8. The molecule has 2 rings (SSSR count). The molecule has 0 aromatic carbocycles. The minimum Gasteiger partial charge on any atom is -0.368 e. The van der Waals surface area contributed by atoms with E-state index in [0.717, 1.165) is 10.0 Å². The molecule has 0 bridgehead atoms. The Balaban J connectivity index is 2.06. The molecule has 5 N–H and O–H groups in total. The minimum absolute atomic E-state index is 0.203. The molecule has 9 heteroatoms. The smallest absolute Gasteiger partial charge is 0.275 e. The number of nitrogen functional groups attached to an aromatic ring is 2. The number of anilines is 1. The van der Waals surface area contributed by atoms with Crippen LogP contribution in [0.15, 0.2) is 17.3 Å². The number of thiophene rings is 1. The largest absolute Gasteiger partial charge is 0.368 e. The van der Waals surface area contributed by atoms with E-state index >= 15 is 0 Å². The van der Waals surface area contributed by atoms with E-state index in [2.05, 4.69) is 15.6 Å². The van der Waals surface area contributed by atoms with E-state index in [0.29, 0.717) is 16.6 Å². The molecule has 7 nitrogen and oxygen atoms in total. The van der Waals surface area contributed by atoms with E-state index in [4.69, 9.17) is 11.6 Å². The van der Waals surface area contributed by atoms with Crippen LogP contribution in [0.5, 0.6) is 0 Å². The number of carbonyl (C=O) groups excluding carboxylic acids is 1. The van der Waals surface area contributed by atoms with Crippen molar-refractivity contribution in [3.63, 3.8) is 0 Å². The molecule has 2 heterocycles. The van der Waals surface area contributed by atoms with Gasteiger partial charge in [0.25, 0.3) is 5.91 Å². The first-order chi connectivity index (χ1) is 9.52. The fourth-order valence-corrected chi connectivity index (χ4v) is 3.68. The molecule has 0 unspecified atom stereocenters. The average Bonchev–Trinajstić information content (AvgIpc) is 3.02. The van der Waals surface area contributed by atoms with Crippen LogP contribution in [0.25, 0.3) is 0 Å². The van der Waals surface area contributed by atoms with Crippen LogP contribution in [0.4, 0.5) is 5.95 Å². The molecular weight excluding hydrogens is 296 g/mol. The molecular formula is C11H16N6OS2. The van der Waals surface area contributed by atoms with Crippen LogP contribution in [0.2, 0.25) is 0 Å². The molecule has 1 amide bonds. The first-order valence-electron chi connectivity index (χ1n) is 5.95. The van der Waals surface area contributed by atoms with E-state index < -0.39 is 0 Å². The highest BCUT2D eigenvalue weighted by molar-refractivity contribution is 7.98. The van der Waals surface area contributed by atoms with Crippen LogP contribution in [0.1, 0.15) is 34.4 Å². The van der Waals surface area contributed by atoms with Gasteiger partial charge in [0.1, 0.15) is 0 Å². The fraction of sp³-hybridized carbons (Fsp3) is 0.364. The predicted octanol–water partition coefficient (Wildman–Crippen LogP) is 1.40. The van der Waals surface area contributed by atoms with Gasteiger partial charge in [-0.3, -0.25) is 14.8 Å². The molecule has 0 spiro atoms. The number of nitrogens with one attached hydrogen (secondary N) is 1. The van der Waals surface area contributed by atoms with Gasteiger partial charge in [-0.2, -0.15) is 0 Å². The number of rotatable bonds is 5. The van der Waals surface area contributed by atoms with E-state index in [1.165, 1.54) is 23.1 Å². The lowest BCUT2D eigenvalue weighted by Gasteiger charge is -2.10. The van der Waals surface area contributed by atoms with Crippen LogP contribution in [-0.4, -0.2) is 20.7 Å². The first-order valence-corrected chi connectivity index (χ1v) is 7.76. The second kappa shape index (κ2) is 6.25. The molecule has 0 fully saturated rings. The molecule has 2 aromatic rings. The fourth-order valence-electron chi connectivity index (χ4n) is 1.66. The van der Waals surface area contributed by atoms with Crippen molar-refractivity contribution in [1.82, 2.24) is 20.2 Å². The van der Waals surface area contributed by atoms with Gasteiger partial charge in [-0.15, -0.1) is 21.5 Å². The summed E-state index contributed by atoms with van der Waals surface area (Å²) in [6.45, 7) is 4.05. The van der Waals surface area contributed by atoms with Crippen LogP contribution >= 0.6 is 23.1 Å². The van der Waals surface area contributed by atoms with Crippen molar-refractivity contribution in [2.24, 2.45) is 5.84 Å². The van der Waals surface area contributed by atoms with Crippen molar-refractivity contribution in [3.8, 4) is 0 Å². The molecule has 0 saturated carbocycles. The summed E-state index contributed by atoms with van der Waals surface area (Å²) in [4.78, 5) is 13.0. The number of hydrazine groups is 1. The van der Waals surface area contributed by atoms with Crippen LogP contribution in [-0.2, 0) is 5.75 Å². The number of carbonyl (C=O) groups is 1. The van der Waals surface area contributed by atoms with Gasteiger partial charge < -0.3 is 5.73 Å². The van der Waals surface area contributed by atoms with Crippen LogP contribution in [0, 0.1) is 0 Å². The molecule has 0 aliphatic carbocycles. The summed E-state index contributed by atoms with van der Waals surface area (Å²) < 4.78 is 1.88. The lowest BCUT2D eigenvalue weighted by atomic mass is 10.4. The third-order valence-electron chi connectivity index (χ3n) is 2.57. The molecule has 0 aliphatic rings. The summed E-state index contributed by atoms with van der Waals surface area (Å²) in [6.07, 6.45) is 0. The highest BCUT2D eigenvalue weighted by Crippen LogP contribution is 2.28. The Labute approximate surface area is 124 Å². The summed E-state index contributed by atoms with van der Waals surface area (Å²) in [5, 5.41) is 8.73. The average molecular weight is 312 g/mol. The Morgan fingerprint density at radius 3 is 2.90 bits per heavy atom. The molecule has 0 saturated heterocycles. The summed E-state index contributed by atoms with van der Waals surface area (Å²) in [7, 11) is 0. The predicted molar refractivity (Wildman–Crippen MR) is 80.4 cm³/mol. The second-order valence-corrected chi connectivity index (χ2v) is 6.44. The van der Waals surface area contributed by atoms with Crippen molar-refractivity contribution in [3.05, 3.63) is 21.9 Å². The Bertz CT molecular complexity index is 606.